The van der Waals surface area contributed by atoms with Crippen LogP contribution in [0.2, 0.25) is 0 Å². The van der Waals surface area contributed by atoms with E-state index in [1.807, 2.05) is 86.9 Å². The van der Waals surface area contributed by atoms with E-state index >= 15 is 0 Å². The molecule has 4 aromatic rings. The Hall–Kier alpha value is -4.85. The number of nitrogens with zero attached hydrogens (tertiary/aromatic N) is 4. The van der Waals surface area contributed by atoms with Crippen LogP contribution in [-0.4, -0.2) is 38.2 Å². The van der Waals surface area contributed by atoms with Crippen LogP contribution in [0.5, 0.6) is 0 Å². The number of hydrazine groups is 2. The van der Waals surface area contributed by atoms with Crippen molar-refractivity contribution in [1.29, 1.82) is 0 Å². The van der Waals surface area contributed by atoms with Gasteiger partial charge in [-0.2, -0.15) is 5.11 Å². The number of benzene rings is 4. The van der Waals surface area contributed by atoms with Crippen LogP contribution < -0.4 is 11.0 Å². The first-order chi connectivity index (χ1) is 21.1. The van der Waals surface area contributed by atoms with Gasteiger partial charge in [0, 0.05) is 43.4 Å². The fraction of sp³-hybridized carbons (Fsp3) is 0.125. The predicted molar refractivity (Wildman–Crippen MR) is 171 cm³/mol. The molecule has 0 radical (unpaired) electrons. The molecule has 0 saturated carbocycles. The second-order valence-electron chi connectivity index (χ2n) is 9.11. The van der Waals surface area contributed by atoms with E-state index in [9.17, 15) is 25.2 Å². The van der Waals surface area contributed by atoms with Gasteiger partial charge >= 0.3 is 33.0 Å². The zero-order valence-electron chi connectivity index (χ0n) is 25.1. The molecule has 0 bridgehead atoms. The molecule has 1 heterocycles. The molecule has 1 aliphatic rings. The van der Waals surface area contributed by atoms with Gasteiger partial charge in [-0.05, 0) is 24.3 Å². The van der Waals surface area contributed by atoms with Crippen LogP contribution in [0.1, 0.15) is 22.3 Å². The fourth-order valence-corrected chi connectivity index (χ4v) is 3.78. The molecule has 0 amide bonds. The molecule has 0 atom stereocenters. The fourth-order valence-electron chi connectivity index (χ4n) is 3.78. The average Bonchev–Trinajstić information content (AvgIpc) is 3.30. The van der Waals surface area contributed by atoms with E-state index in [1.165, 1.54) is 22.5 Å². The summed E-state index contributed by atoms with van der Waals surface area (Å²) in [5.74, 6) is 6.22. The maximum absolute atomic E-state index is 10.7. The quantitative estimate of drug-likeness (QED) is 0.0765. The van der Waals surface area contributed by atoms with Crippen molar-refractivity contribution in [2.45, 2.75) is 0 Å². The molecule has 0 aliphatic carbocycles. The number of halogens is 6. The van der Waals surface area contributed by atoms with Gasteiger partial charge in [0.05, 0.1) is 18.4 Å². The Bertz CT molecular complexity index is 1470. The molecule has 4 aromatic carbocycles. The summed E-state index contributed by atoms with van der Waals surface area (Å²) in [6, 6.07) is 40.9. The van der Waals surface area contributed by atoms with Crippen LogP contribution in [0.4, 0.5) is 25.2 Å². The van der Waals surface area contributed by atoms with E-state index in [0.717, 1.165) is 11.1 Å². The molecule has 0 unspecified atom stereocenters. The zero-order chi connectivity index (χ0) is 33.4. The summed E-state index contributed by atoms with van der Waals surface area (Å²) in [6.07, 6.45) is 0. The van der Waals surface area contributed by atoms with E-state index in [1.54, 1.807) is 14.1 Å². The first-order valence-electron chi connectivity index (χ1n) is 13.3. The van der Waals surface area contributed by atoms with Crippen molar-refractivity contribution in [3.05, 3.63) is 144 Å². The van der Waals surface area contributed by atoms with E-state index in [0.29, 0.717) is 0 Å². The van der Waals surface area contributed by atoms with Gasteiger partial charge in [0.2, 0.25) is 0 Å². The summed E-state index contributed by atoms with van der Waals surface area (Å²) in [7, 11) is -3.28. The third-order valence-electron chi connectivity index (χ3n) is 5.39. The van der Waals surface area contributed by atoms with Crippen molar-refractivity contribution >= 4 is 19.2 Å². The third kappa shape index (κ3) is 16.0. The van der Waals surface area contributed by atoms with Gasteiger partial charge < -0.3 is 0 Å². The SMILES string of the molecule is C(#Cc1ccccc1)c1ccccc1.CN1NN(C)C(c2ccccc2)=C1c1ccccc1.CN=NNC.F[P-](F)(F)(F)(F)F. The Morgan fingerprint density at radius 3 is 1.11 bits per heavy atom. The molecule has 6 nitrogen and oxygen atoms in total. The molecular weight excluding hydrogens is 613 g/mol. The van der Waals surface area contributed by atoms with Crippen molar-refractivity contribution in [2.24, 2.45) is 10.3 Å². The van der Waals surface area contributed by atoms with Crippen LogP contribution in [0.25, 0.3) is 11.4 Å². The van der Waals surface area contributed by atoms with Crippen LogP contribution >= 0.6 is 7.81 Å². The first-order valence-corrected chi connectivity index (χ1v) is 15.3. The predicted octanol–water partition coefficient (Wildman–Crippen LogP) is 9.48. The first kappa shape index (κ1) is 36.3. The second-order valence-corrected chi connectivity index (χ2v) is 11.0. The van der Waals surface area contributed by atoms with Gasteiger partial charge in [0.15, 0.2) is 0 Å². The summed E-state index contributed by atoms with van der Waals surface area (Å²) in [5, 5.41) is 10.8. The van der Waals surface area contributed by atoms with Gasteiger partial charge in [-0.3, -0.25) is 15.4 Å². The summed E-state index contributed by atoms with van der Waals surface area (Å²) in [6.45, 7) is 0. The zero-order valence-corrected chi connectivity index (χ0v) is 25.9. The molecule has 0 spiro atoms. The van der Waals surface area contributed by atoms with Crippen LogP contribution in [0.3, 0.4) is 0 Å². The Labute approximate surface area is 259 Å². The van der Waals surface area contributed by atoms with E-state index in [4.69, 9.17) is 0 Å². The molecule has 0 saturated heterocycles. The Morgan fingerprint density at radius 2 is 0.867 bits per heavy atom. The van der Waals surface area contributed by atoms with Crippen molar-refractivity contribution in [1.82, 2.24) is 21.0 Å². The van der Waals surface area contributed by atoms with Crippen LogP contribution in [-0.2, 0) is 0 Å². The normalized spacial score (nSPS) is 13.8. The Kier molecular flexibility index (Phi) is 12.7. The van der Waals surface area contributed by atoms with E-state index in [2.05, 4.69) is 91.7 Å². The number of hydrogen-bond acceptors (Lipinski definition) is 5. The molecule has 45 heavy (non-hydrogen) atoms. The standard InChI is InChI=1S/C16H17N3.C14H10.C2H7N3.F6P/c1-18-15(13-9-5-3-6-10-13)16(19(2)17-18)14-11-7-4-8-12-14;1-3-7-13(8-4-1)11-12-14-9-5-2-6-10-14;1-3-5-4-2;1-7(2,3,4,5)6/h3-12,17H,1-2H3;1-10H;1-2H3,(H,3,4);/q;;;-1. The third-order valence-corrected chi connectivity index (χ3v) is 5.39. The summed E-state index contributed by atoms with van der Waals surface area (Å²) in [4.78, 5) is 0. The number of nitrogens with one attached hydrogen (secondary N) is 2. The minimum absolute atomic E-state index is 1.05. The Balaban J connectivity index is 0.000000238. The molecule has 1 aliphatic heterocycles. The molecule has 240 valence electrons. The maximum atomic E-state index is 9.87. The van der Waals surface area contributed by atoms with Crippen molar-refractivity contribution < 1.29 is 25.2 Å². The second kappa shape index (κ2) is 15.7. The summed E-state index contributed by atoms with van der Waals surface area (Å²) < 4.78 is 59.2. The van der Waals surface area contributed by atoms with Crippen molar-refractivity contribution in [3.63, 3.8) is 0 Å². The van der Waals surface area contributed by atoms with Crippen LogP contribution in [0, 0.1) is 11.8 Å². The van der Waals surface area contributed by atoms with E-state index in [-0.39, 0.29) is 0 Å². The van der Waals surface area contributed by atoms with Gasteiger partial charge in [-0.15, -0.1) is 5.53 Å². The van der Waals surface area contributed by atoms with Gasteiger partial charge in [0.1, 0.15) is 0 Å². The van der Waals surface area contributed by atoms with Gasteiger partial charge in [0.25, 0.3) is 0 Å². The van der Waals surface area contributed by atoms with Gasteiger partial charge in [-0.1, -0.05) is 114 Å². The number of hydrogen-bond donors (Lipinski definition) is 2. The average molecular weight is 648 g/mol. The summed E-state index contributed by atoms with van der Waals surface area (Å²) in [5.41, 5.74) is 12.7. The Morgan fingerprint density at radius 1 is 0.578 bits per heavy atom. The molecule has 2 N–H and O–H groups in total. The molecular formula is C32H34F6N6P-. The molecule has 5 rings (SSSR count). The minimum atomic E-state index is -10.7. The monoisotopic (exact) mass is 647 g/mol. The number of rotatable bonds is 3. The topological polar surface area (TPSA) is 55.3 Å². The van der Waals surface area contributed by atoms with Crippen molar-refractivity contribution in [2.75, 3.05) is 28.2 Å². The van der Waals surface area contributed by atoms with Crippen molar-refractivity contribution in [3.8, 4) is 11.8 Å². The molecule has 0 aromatic heterocycles. The van der Waals surface area contributed by atoms with Gasteiger partial charge in [-0.25, -0.2) is 0 Å². The summed E-state index contributed by atoms with van der Waals surface area (Å²) >= 11 is 0. The van der Waals surface area contributed by atoms with Crippen LogP contribution in [0.15, 0.2) is 132 Å². The van der Waals surface area contributed by atoms with E-state index < -0.39 is 7.81 Å². The molecule has 0 fully saturated rings. The molecule has 13 heteroatoms.